The zero-order valence-electron chi connectivity index (χ0n) is 21.5. The van der Waals surface area contributed by atoms with Crippen molar-refractivity contribution in [3.63, 3.8) is 0 Å². The molecule has 2 aromatic heterocycles. The molecule has 3 rings (SSSR count). The van der Waals surface area contributed by atoms with E-state index in [9.17, 15) is 0 Å². The fourth-order valence-electron chi connectivity index (χ4n) is 5.09. The fraction of sp³-hybridized carbons (Fsp3) is 0.704. The van der Waals surface area contributed by atoms with Crippen LogP contribution in [0.15, 0.2) is 12.1 Å². The van der Waals surface area contributed by atoms with Gasteiger partial charge in [-0.1, -0.05) is 0 Å². The van der Waals surface area contributed by atoms with Crippen molar-refractivity contribution in [1.82, 2.24) is 0 Å². The molecule has 2 heterocycles. The summed E-state index contributed by atoms with van der Waals surface area (Å²) in [4.78, 5) is 19.0. The first-order valence-electron chi connectivity index (χ1n) is 12.8. The molecule has 0 aliphatic heterocycles. The van der Waals surface area contributed by atoms with Crippen molar-refractivity contribution in [3.8, 4) is 9.75 Å². The van der Waals surface area contributed by atoms with Gasteiger partial charge in [0.2, 0.25) is 0 Å². The van der Waals surface area contributed by atoms with E-state index in [1.165, 1.54) is 64.2 Å². The zero-order valence-corrected chi connectivity index (χ0v) is 28.9. The molecule has 0 fully saturated rings. The second kappa shape index (κ2) is 10.7. The molecule has 0 unspecified atom stereocenters. The Morgan fingerprint density at radius 1 is 0.613 bits per heavy atom. The summed E-state index contributed by atoms with van der Waals surface area (Å²) in [5.74, 6) is 0. The van der Waals surface area contributed by atoms with E-state index in [0.717, 1.165) is 0 Å². The van der Waals surface area contributed by atoms with Gasteiger partial charge in [0, 0.05) is 0 Å². The second-order valence-electron chi connectivity index (χ2n) is 11.9. The molecule has 1 aliphatic carbocycles. The van der Waals surface area contributed by atoms with E-state index >= 15 is 0 Å². The normalized spacial score (nSPS) is 15.4. The molecule has 31 heavy (non-hydrogen) atoms. The van der Waals surface area contributed by atoms with Gasteiger partial charge in [0.1, 0.15) is 0 Å². The Morgan fingerprint density at radius 3 is 1.32 bits per heavy atom. The average Bonchev–Trinajstić information content (AvgIpc) is 3.35. The van der Waals surface area contributed by atoms with Crippen molar-refractivity contribution in [2.45, 2.75) is 113 Å². The average molecular weight is 672 g/mol. The minimum atomic E-state index is -2.08. The Kier molecular flexibility index (Phi) is 9.20. The number of thiophene rings is 2. The first kappa shape index (κ1) is 26.6. The summed E-state index contributed by atoms with van der Waals surface area (Å²) in [5, 5.41) is 0. The van der Waals surface area contributed by atoms with Gasteiger partial charge in [-0.3, -0.25) is 0 Å². The molecule has 2 aromatic rings. The Labute approximate surface area is 209 Å². The Hall–Kier alpha value is 0.997. The van der Waals surface area contributed by atoms with Crippen LogP contribution in [-0.2, 0) is 5.41 Å². The molecular weight excluding hydrogens is 626 g/mol. The third-order valence-corrected chi connectivity index (χ3v) is 28.4. The molecule has 174 valence electrons. The predicted octanol–water partition coefficient (Wildman–Crippen LogP) is 9.11. The van der Waals surface area contributed by atoms with Crippen LogP contribution in [0.1, 0.15) is 89.2 Å². The quantitative estimate of drug-likeness (QED) is 0.156. The Bertz CT molecular complexity index is 789. The van der Waals surface area contributed by atoms with Crippen LogP contribution in [0, 0.1) is 0 Å². The molecule has 0 nitrogen and oxygen atoms in total. The molecule has 0 atom stereocenters. The van der Waals surface area contributed by atoms with Crippen molar-refractivity contribution in [2.75, 3.05) is 0 Å². The summed E-state index contributed by atoms with van der Waals surface area (Å²) in [5.41, 5.74) is 3.86. The summed E-state index contributed by atoms with van der Waals surface area (Å²) in [6.07, 6.45) is 13.8. The summed E-state index contributed by atoms with van der Waals surface area (Å²) < 4.78 is 3.59. The van der Waals surface area contributed by atoms with Gasteiger partial charge in [0.25, 0.3) is 0 Å². The van der Waals surface area contributed by atoms with Gasteiger partial charge < -0.3 is 0 Å². The van der Waals surface area contributed by atoms with Gasteiger partial charge in [-0.25, -0.2) is 0 Å². The number of unbranched alkanes of at least 4 members (excludes halogenated alkanes) is 6. The molecule has 0 saturated carbocycles. The van der Waals surface area contributed by atoms with Crippen molar-refractivity contribution in [1.29, 1.82) is 0 Å². The van der Waals surface area contributed by atoms with E-state index in [2.05, 4.69) is 78.3 Å². The van der Waals surface area contributed by atoms with Gasteiger partial charge in [-0.05, 0) is 0 Å². The van der Waals surface area contributed by atoms with Crippen LogP contribution < -0.4 is 5.79 Å². The Balaban J connectivity index is 2.10. The standard InChI is InChI=1S/C21H28S2.6CH3.2Sn/c1-3-5-7-9-13-21(14-10-8-6-4-2)17-11-15-22-19(17)20-18(21)12-16-23-20;;;;;;;;/h11-12H,3-10,13-14H2,1-2H3;6*1H3;;. The van der Waals surface area contributed by atoms with Crippen LogP contribution in [0.25, 0.3) is 9.75 Å². The molecule has 1 aliphatic rings. The topological polar surface area (TPSA) is 0 Å². The van der Waals surface area contributed by atoms with Crippen LogP contribution in [0.2, 0.25) is 29.6 Å². The summed E-state index contributed by atoms with van der Waals surface area (Å²) in [6, 6.07) is 5.48. The van der Waals surface area contributed by atoms with Crippen LogP contribution in [0.4, 0.5) is 0 Å². The molecule has 0 aromatic carbocycles. The molecule has 0 saturated heterocycles. The molecule has 4 heteroatoms. The van der Waals surface area contributed by atoms with Crippen molar-refractivity contribution < 1.29 is 0 Å². The summed E-state index contributed by atoms with van der Waals surface area (Å²) in [6.45, 7) is 4.69. The van der Waals surface area contributed by atoms with E-state index in [1.54, 1.807) is 26.7 Å². The van der Waals surface area contributed by atoms with E-state index in [-0.39, 0.29) is 0 Å². The monoisotopic (exact) mass is 674 g/mol. The third-order valence-electron chi connectivity index (χ3n) is 7.09. The van der Waals surface area contributed by atoms with E-state index in [1.807, 2.05) is 0 Å². The molecular formula is C27H46S2Sn2. The van der Waals surface area contributed by atoms with E-state index in [4.69, 9.17) is 0 Å². The second-order valence-corrected chi connectivity index (χ2v) is 44.8. The van der Waals surface area contributed by atoms with Gasteiger partial charge in [-0.15, -0.1) is 0 Å². The molecule has 0 spiro atoms. The SMILES string of the molecule is CCCCCCC1(CCCCCC)c2c[c]([Sn]([CH3])([CH3])[CH3])sc2-c2s[c]([Sn]([CH3])([CH3])[CH3])cc21. The van der Waals surface area contributed by atoms with Crippen LogP contribution in [0.3, 0.4) is 0 Å². The Morgan fingerprint density at radius 2 is 1.00 bits per heavy atom. The van der Waals surface area contributed by atoms with Crippen molar-refractivity contribution in [3.05, 3.63) is 23.3 Å². The van der Waals surface area contributed by atoms with E-state index in [0.29, 0.717) is 5.41 Å². The summed E-state index contributed by atoms with van der Waals surface area (Å²) in [7, 11) is 0. The maximum absolute atomic E-state index is 2.74. The minimum absolute atomic E-state index is 0.323. The molecule has 0 radical (unpaired) electrons. The predicted molar refractivity (Wildman–Crippen MR) is 152 cm³/mol. The number of hydrogen-bond acceptors (Lipinski definition) is 2. The van der Waals surface area contributed by atoms with Crippen molar-refractivity contribution in [2.24, 2.45) is 0 Å². The molecule has 0 amide bonds. The number of fused-ring (bicyclic) bond motifs is 3. The van der Waals surface area contributed by atoms with Crippen LogP contribution >= 0.6 is 22.7 Å². The van der Waals surface area contributed by atoms with Crippen LogP contribution in [-0.4, -0.2) is 36.8 Å². The van der Waals surface area contributed by atoms with Gasteiger partial charge in [0.15, 0.2) is 0 Å². The fourth-order valence-corrected chi connectivity index (χ4v) is 18.2. The summed E-state index contributed by atoms with van der Waals surface area (Å²) >= 11 is 0.269. The molecule has 0 bridgehead atoms. The van der Waals surface area contributed by atoms with Gasteiger partial charge in [-0.2, -0.15) is 0 Å². The number of rotatable bonds is 12. The van der Waals surface area contributed by atoms with Crippen LogP contribution in [0.5, 0.6) is 0 Å². The van der Waals surface area contributed by atoms with Gasteiger partial charge in [0.05, 0.1) is 0 Å². The number of hydrogen-bond donors (Lipinski definition) is 0. The zero-order chi connectivity index (χ0) is 22.9. The first-order valence-corrected chi connectivity index (χ1v) is 34.5. The van der Waals surface area contributed by atoms with Crippen molar-refractivity contribution >= 4 is 65.2 Å². The third kappa shape index (κ3) is 5.81. The van der Waals surface area contributed by atoms with Gasteiger partial charge >= 0.3 is 211 Å². The van der Waals surface area contributed by atoms with E-state index < -0.39 is 36.8 Å². The maximum atomic E-state index is 2.74. The molecule has 0 N–H and O–H groups in total. The first-order chi connectivity index (χ1) is 14.5.